The molecule has 19 heavy (non-hydrogen) atoms. The zero-order chi connectivity index (χ0) is 14.6. The zero-order valence-corrected chi connectivity index (χ0v) is 10.0. The number of aliphatic hydroxyl groups is 1. The smallest absolute Gasteiger partial charge is 0.313 e. The van der Waals surface area contributed by atoms with E-state index in [4.69, 9.17) is 5.21 Å². The lowest BCUT2D eigenvalue weighted by Gasteiger charge is -2.11. The number of likely N-dealkylation sites (N-methyl/N-ethyl adjacent to an activating group) is 1. The number of hydrogen-bond acceptors (Lipinski definition) is 6. The van der Waals surface area contributed by atoms with Gasteiger partial charge in [0.25, 0.3) is 5.69 Å². The number of benzene rings is 1. The molecule has 1 aromatic rings. The van der Waals surface area contributed by atoms with E-state index in [9.17, 15) is 24.8 Å². The van der Waals surface area contributed by atoms with Crippen molar-refractivity contribution in [3.8, 4) is 0 Å². The first-order valence-corrected chi connectivity index (χ1v) is 5.25. The monoisotopic (exact) mass is 268 g/mol. The average molecular weight is 268 g/mol. The van der Waals surface area contributed by atoms with Crippen molar-refractivity contribution in [1.29, 1.82) is 0 Å². The Morgan fingerprint density at radius 3 is 2.53 bits per heavy atom. The highest BCUT2D eigenvalue weighted by Crippen LogP contribution is 2.26. The van der Waals surface area contributed by atoms with Gasteiger partial charge in [0.05, 0.1) is 16.6 Å². The highest BCUT2D eigenvalue weighted by atomic mass is 16.6. The fraction of sp³-hybridized carbons (Fsp3) is 0.273. The van der Waals surface area contributed by atoms with Crippen molar-refractivity contribution in [2.45, 2.75) is 12.5 Å². The summed E-state index contributed by atoms with van der Waals surface area (Å²) in [5.41, 5.74) is -0.401. The van der Waals surface area contributed by atoms with Crippen LogP contribution in [0.1, 0.15) is 18.1 Å². The predicted molar refractivity (Wildman–Crippen MR) is 62.2 cm³/mol. The summed E-state index contributed by atoms with van der Waals surface area (Å²) in [5, 5.41) is 29.4. The highest BCUT2D eigenvalue weighted by Gasteiger charge is 2.26. The van der Waals surface area contributed by atoms with Crippen molar-refractivity contribution in [3.05, 3.63) is 39.9 Å². The Hall–Kier alpha value is -2.32. The van der Waals surface area contributed by atoms with Gasteiger partial charge in [-0.2, -0.15) is 0 Å². The van der Waals surface area contributed by atoms with Crippen LogP contribution in [0.5, 0.6) is 0 Å². The SMILES string of the molecule is CN(O)C(=O)C(=O)CC(O)c1ccccc1[N+](=O)[O-]. The minimum Gasteiger partial charge on any atom is -0.388 e. The number of hydrogen-bond donors (Lipinski definition) is 2. The lowest BCUT2D eigenvalue weighted by atomic mass is 10.0. The van der Waals surface area contributed by atoms with Crippen molar-refractivity contribution in [2.24, 2.45) is 0 Å². The van der Waals surface area contributed by atoms with Crippen LogP contribution in [0.3, 0.4) is 0 Å². The molecule has 0 saturated heterocycles. The third-order valence-electron chi connectivity index (χ3n) is 2.40. The van der Waals surface area contributed by atoms with Crippen molar-refractivity contribution in [3.63, 3.8) is 0 Å². The minimum absolute atomic E-state index is 0.0609. The van der Waals surface area contributed by atoms with Crippen LogP contribution in [0, 0.1) is 10.1 Å². The van der Waals surface area contributed by atoms with Gasteiger partial charge in [-0.05, 0) is 6.07 Å². The van der Waals surface area contributed by atoms with E-state index in [-0.39, 0.29) is 16.3 Å². The summed E-state index contributed by atoms with van der Waals surface area (Å²) in [7, 11) is 0.970. The van der Waals surface area contributed by atoms with Crippen LogP contribution in [-0.2, 0) is 9.59 Å². The van der Waals surface area contributed by atoms with E-state index in [1.807, 2.05) is 0 Å². The number of nitrogens with zero attached hydrogens (tertiary/aromatic N) is 2. The molecule has 1 atom stereocenters. The Morgan fingerprint density at radius 1 is 1.42 bits per heavy atom. The minimum atomic E-state index is -1.49. The van der Waals surface area contributed by atoms with Gasteiger partial charge >= 0.3 is 5.91 Å². The Balaban J connectivity index is 2.90. The number of nitro benzene ring substituents is 1. The van der Waals surface area contributed by atoms with Gasteiger partial charge in [-0.1, -0.05) is 12.1 Å². The van der Waals surface area contributed by atoms with E-state index in [1.165, 1.54) is 24.3 Å². The van der Waals surface area contributed by atoms with E-state index in [0.29, 0.717) is 0 Å². The summed E-state index contributed by atoms with van der Waals surface area (Å²) in [6.07, 6.45) is -2.13. The first kappa shape index (κ1) is 14.7. The Labute approximate surface area is 108 Å². The average Bonchev–Trinajstić information content (AvgIpc) is 2.37. The van der Waals surface area contributed by atoms with Gasteiger partial charge in [0, 0.05) is 19.5 Å². The Morgan fingerprint density at radius 2 is 2.00 bits per heavy atom. The second-order valence-corrected chi connectivity index (χ2v) is 3.79. The molecule has 1 rings (SSSR count). The van der Waals surface area contributed by atoms with Crippen LogP contribution in [0.2, 0.25) is 0 Å². The van der Waals surface area contributed by atoms with Gasteiger partial charge in [0.2, 0.25) is 5.78 Å². The second-order valence-electron chi connectivity index (χ2n) is 3.79. The van der Waals surface area contributed by atoms with Gasteiger partial charge in [0.1, 0.15) is 0 Å². The van der Waals surface area contributed by atoms with Gasteiger partial charge < -0.3 is 5.11 Å². The fourth-order valence-corrected chi connectivity index (χ4v) is 1.49. The number of aliphatic hydroxyl groups excluding tert-OH is 1. The molecule has 2 N–H and O–H groups in total. The molecule has 0 fully saturated rings. The molecule has 0 aliphatic heterocycles. The van der Waals surface area contributed by atoms with E-state index < -0.39 is 29.1 Å². The fourth-order valence-electron chi connectivity index (χ4n) is 1.49. The normalized spacial score (nSPS) is 11.7. The zero-order valence-electron chi connectivity index (χ0n) is 10.0. The van der Waals surface area contributed by atoms with E-state index in [2.05, 4.69) is 0 Å². The molecule has 0 heterocycles. The maximum Gasteiger partial charge on any atom is 0.313 e. The van der Waals surface area contributed by atoms with E-state index in [1.54, 1.807) is 0 Å². The van der Waals surface area contributed by atoms with Crippen molar-refractivity contribution < 1.29 is 24.8 Å². The molecular formula is C11H12N2O6. The number of ketones is 1. The van der Waals surface area contributed by atoms with Crippen molar-refractivity contribution >= 4 is 17.4 Å². The molecule has 0 aliphatic rings. The van der Waals surface area contributed by atoms with Crippen molar-refractivity contribution in [2.75, 3.05) is 7.05 Å². The topological polar surface area (TPSA) is 121 Å². The van der Waals surface area contributed by atoms with Crippen LogP contribution in [0.4, 0.5) is 5.69 Å². The number of carbonyl (C=O) groups is 2. The molecule has 8 heteroatoms. The number of rotatable bonds is 5. The maximum atomic E-state index is 11.4. The lowest BCUT2D eigenvalue weighted by molar-refractivity contribution is -0.386. The Bertz CT molecular complexity index is 514. The van der Waals surface area contributed by atoms with Gasteiger partial charge in [0.15, 0.2) is 0 Å². The molecule has 8 nitrogen and oxygen atoms in total. The van der Waals surface area contributed by atoms with Crippen LogP contribution >= 0.6 is 0 Å². The van der Waals surface area contributed by atoms with Gasteiger partial charge in [-0.15, -0.1) is 0 Å². The van der Waals surface area contributed by atoms with Crippen LogP contribution in [0.25, 0.3) is 0 Å². The quantitative estimate of drug-likeness (QED) is 0.346. The molecule has 1 amide bonds. The van der Waals surface area contributed by atoms with E-state index >= 15 is 0 Å². The summed E-state index contributed by atoms with van der Waals surface area (Å²) in [6, 6.07) is 5.37. The predicted octanol–water partition coefficient (Wildman–Crippen LogP) is 0.435. The first-order valence-electron chi connectivity index (χ1n) is 5.25. The molecule has 102 valence electrons. The summed E-state index contributed by atoms with van der Waals surface area (Å²) in [5.74, 6) is -2.24. The largest absolute Gasteiger partial charge is 0.388 e. The number of carbonyl (C=O) groups excluding carboxylic acids is 2. The Kier molecular flexibility index (Phi) is 4.67. The maximum absolute atomic E-state index is 11.4. The standard InChI is InChI=1S/C11H12N2O6/c1-12(17)11(16)10(15)6-9(14)7-4-2-3-5-8(7)13(18)19/h2-5,9,14,17H,6H2,1H3. The number of Topliss-reactive ketones (excluding diaryl/α,β-unsaturated/α-hetero) is 1. The summed E-state index contributed by atoms with van der Waals surface area (Å²) in [4.78, 5) is 32.5. The van der Waals surface area contributed by atoms with Crippen molar-refractivity contribution in [1.82, 2.24) is 5.06 Å². The molecular weight excluding hydrogens is 256 g/mol. The molecule has 0 bridgehead atoms. The van der Waals surface area contributed by atoms with Crippen LogP contribution in [-0.4, -0.2) is 39.0 Å². The van der Waals surface area contributed by atoms with Gasteiger partial charge in [-0.25, -0.2) is 5.06 Å². The van der Waals surface area contributed by atoms with Crippen LogP contribution in [0.15, 0.2) is 24.3 Å². The van der Waals surface area contributed by atoms with Crippen LogP contribution < -0.4 is 0 Å². The molecule has 0 aliphatic carbocycles. The molecule has 0 aromatic heterocycles. The molecule has 1 unspecified atom stereocenters. The number of hydroxylamine groups is 2. The molecule has 0 radical (unpaired) electrons. The third kappa shape index (κ3) is 3.57. The summed E-state index contributed by atoms with van der Waals surface area (Å²) < 4.78 is 0. The number of para-hydroxylation sites is 1. The highest BCUT2D eigenvalue weighted by molar-refractivity contribution is 6.35. The molecule has 1 aromatic carbocycles. The van der Waals surface area contributed by atoms with Gasteiger partial charge in [-0.3, -0.25) is 24.9 Å². The second kappa shape index (κ2) is 6.03. The number of nitro groups is 1. The third-order valence-corrected chi connectivity index (χ3v) is 2.40. The molecule has 0 saturated carbocycles. The summed E-state index contributed by atoms with van der Waals surface area (Å²) in [6.45, 7) is 0. The number of amides is 1. The lowest BCUT2D eigenvalue weighted by Crippen LogP contribution is -2.31. The molecule has 0 spiro atoms. The first-order chi connectivity index (χ1) is 8.84. The van der Waals surface area contributed by atoms with E-state index in [0.717, 1.165) is 7.05 Å². The summed E-state index contributed by atoms with van der Waals surface area (Å²) >= 11 is 0.